The van der Waals surface area contributed by atoms with E-state index in [1.54, 1.807) is 22.7 Å². The van der Waals surface area contributed by atoms with Crippen molar-refractivity contribution >= 4 is 22.7 Å². The van der Waals surface area contributed by atoms with Crippen LogP contribution in [-0.2, 0) is 13.0 Å². The van der Waals surface area contributed by atoms with Gasteiger partial charge in [0.2, 0.25) is 0 Å². The number of nitrogens with zero attached hydrogens (tertiary/aromatic N) is 3. The fraction of sp³-hybridized carbons (Fsp3) is 0.455. The monoisotopic (exact) mass is 253 g/mol. The molecule has 0 aromatic carbocycles. The van der Waals surface area contributed by atoms with Crippen LogP contribution in [0.15, 0.2) is 17.0 Å². The minimum absolute atomic E-state index is 0.926. The lowest BCUT2D eigenvalue weighted by molar-refractivity contribution is 0.327. The SMILES string of the molecule is Cc1nc(CN(C)CCc2nccs2)cs1. The molecule has 2 heterocycles. The molecule has 0 aliphatic heterocycles. The molecule has 0 fully saturated rings. The maximum Gasteiger partial charge on any atom is 0.0937 e. The summed E-state index contributed by atoms with van der Waals surface area (Å²) in [7, 11) is 2.13. The zero-order valence-corrected chi connectivity index (χ0v) is 11.1. The standard InChI is InChI=1S/C11H15N3S2/c1-9-13-10(8-16-9)7-14(2)5-3-11-12-4-6-15-11/h4,6,8H,3,5,7H2,1-2H3. The number of aromatic nitrogens is 2. The summed E-state index contributed by atoms with van der Waals surface area (Å²) in [6.45, 7) is 4.00. The van der Waals surface area contributed by atoms with Crippen molar-refractivity contribution in [1.29, 1.82) is 0 Å². The average molecular weight is 253 g/mol. The van der Waals surface area contributed by atoms with Gasteiger partial charge in [0.25, 0.3) is 0 Å². The number of thiazole rings is 2. The molecular formula is C11H15N3S2. The van der Waals surface area contributed by atoms with E-state index in [2.05, 4.69) is 27.3 Å². The van der Waals surface area contributed by atoms with Crippen LogP contribution in [0.5, 0.6) is 0 Å². The van der Waals surface area contributed by atoms with Crippen LogP contribution in [0.2, 0.25) is 0 Å². The van der Waals surface area contributed by atoms with Crippen molar-refractivity contribution in [3.8, 4) is 0 Å². The van der Waals surface area contributed by atoms with E-state index in [1.165, 1.54) is 10.7 Å². The Kier molecular flexibility index (Phi) is 4.04. The Morgan fingerprint density at radius 2 is 2.25 bits per heavy atom. The van der Waals surface area contributed by atoms with Gasteiger partial charge in [-0.05, 0) is 14.0 Å². The highest BCUT2D eigenvalue weighted by molar-refractivity contribution is 7.09. The van der Waals surface area contributed by atoms with Crippen LogP contribution in [0.1, 0.15) is 15.7 Å². The number of hydrogen-bond donors (Lipinski definition) is 0. The lowest BCUT2D eigenvalue weighted by atomic mass is 10.4. The van der Waals surface area contributed by atoms with E-state index in [1.807, 2.05) is 18.5 Å². The second-order valence-electron chi connectivity index (χ2n) is 3.77. The molecule has 0 atom stereocenters. The minimum Gasteiger partial charge on any atom is -0.300 e. The van der Waals surface area contributed by atoms with Gasteiger partial charge in [0.15, 0.2) is 0 Å². The summed E-state index contributed by atoms with van der Waals surface area (Å²) in [5, 5.41) is 6.51. The smallest absolute Gasteiger partial charge is 0.0937 e. The Hall–Kier alpha value is -0.780. The van der Waals surface area contributed by atoms with Crippen molar-refractivity contribution in [1.82, 2.24) is 14.9 Å². The number of likely N-dealkylation sites (N-methyl/N-ethyl adjacent to an activating group) is 1. The van der Waals surface area contributed by atoms with Gasteiger partial charge in [-0.15, -0.1) is 22.7 Å². The highest BCUT2D eigenvalue weighted by atomic mass is 32.1. The lowest BCUT2D eigenvalue weighted by Gasteiger charge is -2.13. The van der Waals surface area contributed by atoms with Crippen LogP contribution in [-0.4, -0.2) is 28.5 Å². The molecule has 5 heteroatoms. The van der Waals surface area contributed by atoms with Crippen molar-refractivity contribution < 1.29 is 0 Å². The molecule has 0 N–H and O–H groups in total. The third-order valence-corrected chi connectivity index (χ3v) is 3.95. The molecule has 16 heavy (non-hydrogen) atoms. The molecule has 0 saturated heterocycles. The van der Waals surface area contributed by atoms with E-state index in [-0.39, 0.29) is 0 Å². The fourth-order valence-electron chi connectivity index (χ4n) is 1.50. The summed E-state index contributed by atoms with van der Waals surface area (Å²) >= 11 is 3.44. The summed E-state index contributed by atoms with van der Waals surface area (Å²) < 4.78 is 0. The fourth-order valence-corrected chi connectivity index (χ4v) is 2.71. The van der Waals surface area contributed by atoms with Crippen molar-refractivity contribution in [3.63, 3.8) is 0 Å². The third kappa shape index (κ3) is 3.37. The summed E-state index contributed by atoms with van der Waals surface area (Å²) in [5.74, 6) is 0. The van der Waals surface area contributed by atoms with E-state index in [0.717, 1.165) is 24.5 Å². The molecule has 0 saturated carbocycles. The summed E-state index contributed by atoms with van der Waals surface area (Å²) in [4.78, 5) is 11.0. The van der Waals surface area contributed by atoms with Crippen molar-refractivity contribution in [2.45, 2.75) is 19.9 Å². The molecule has 0 radical (unpaired) electrons. The molecular weight excluding hydrogens is 238 g/mol. The molecule has 0 amide bonds. The number of aryl methyl sites for hydroxylation is 1. The van der Waals surface area contributed by atoms with Crippen molar-refractivity contribution in [2.75, 3.05) is 13.6 Å². The summed E-state index contributed by atoms with van der Waals surface area (Å²) in [6, 6.07) is 0. The number of rotatable bonds is 5. The van der Waals surface area contributed by atoms with Gasteiger partial charge in [0, 0.05) is 36.5 Å². The maximum absolute atomic E-state index is 4.46. The predicted molar refractivity (Wildman–Crippen MR) is 69.0 cm³/mol. The molecule has 3 nitrogen and oxygen atoms in total. The first-order valence-electron chi connectivity index (χ1n) is 5.22. The van der Waals surface area contributed by atoms with E-state index < -0.39 is 0 Å². The Morgan fingerprint density at radius 1 is 1.38 bits per heavy atom. The molecule has 0 spiro atoms. The first kappa shape index (κ1) is 11.7. The molecule has 0 aliphatic carbocycles. The Balaban J connectivity index is 1.78. The first-order chi connectivity index (χ1) is 7.74. The second kappa shape index (κ2) is 5.52. The normalized spacial score (nSPS) is 11.2. The topological polar surface area (TPSA) is 29.0 Å². The molecule has 0 bridgehead atoms. The van der Waals surface area contributed by atoms with Crippen LogP contribution in [0.3, 0.4) is 0 Å². The van der Waals surface area contributed by atoms with Crippen molar-refractivity contribution in [3.05, 3.63) is 32.7 Å². The second-order valence-corrected chi connectivity index (χ2v) is 5.81. The third-order valence-electron chi connectivity index (χ3n) is 2.29. The van der Waals surface area contributed by atoms with E-state index in [9.17, 15) is 0 Å². The highest BCUT2D eigenvalue weighted by Gasteiger charge is 2.04. The van der Waals surface area contributed by atoms with E-state index in [4.69, 9.17) is 0 Å². The molecule has 86 valence electrons. The molecule has 0 aliphatic rings. The quantitative estimate of drug-likeness (QED) is 0.820. The van der Waals surface area contributed by atoms with Gasteiger partial charge in [-0.1, -0.05) is 0 Å². The molecule has 2 aromatic rings. The lowest BCUT2D eigenvalue weighted by Crippen LogP contribution is -2.20. The largest absolute Gasteiger partial charge is 0.300 e. The maximum atomic E-state index is 4.46. The summed E-state index contributed by atoms with van der Waals surface area (Å²) in [6.07, 6.45) is 2.89. The van der Waals surface area contributed by atoms with Crippen LogP contribution in [0, 0.1) is 6.92 Å². The van der Waals surface area contributed by atoms with Crippen LogP contribution < -0.4 is 0 Å². The molecule has 2 aromatic heterocycles. The Labute approximate surface area is 104 Å². The zero-order valence-electron chi connectivity index (χ0n) is 9.51. The van der Waals surface area contributed by atoms with Gasteiger partial charge in [0.05, 0.1) is 15.7 Å². The van der Waals surface area contributed by atoms with Gasteiger partial charge in [-0.25, -0.2) is 9.97 Å². The first-order valence-corrected chi connectivity index (χ1v) is 6.98. The number of hydrogen-bond acceptors (Lipinski definition) is 5. The van der Waals surface area contributed by atoms with Crippen LogP contribution in [0.25, 0.3) is 0 Å². The average Bonchev–Trinajstić information content (AvgIpc) is 2.87. The van der Waals surface area contributed by atoms with Crippen LogP contribution in [0.4, 0.5) is 0 Å². The predicted octanol–water partition coefficient (Wildman–Crippen LogP) is 2.58. The van der Waals surface area contributed by atoms with Gasteiger partial charge in [0.1, 0.15) is 0 Å². The van der Waals surface area contributed by atoms with Gasteiger partial charge in [-0.3, -0.25) is 0 Å². The Bertz CT molecular complexity index is 422. The van der Waals surface area contributed by atoms with E-state index >= 15 is 0 Å². The minimum atomic E-state index is 0.926. The van der Waals surface area contributed by atoms with Gasteiger partial charge in [-0.2, -0.15) is 0 Å². The highest BCUT2D eigenvalue weighted by Crippen LogP contribution is 2.10. The molecule has 0 unspecified atom stereocenters. The van der Waals surface area contributed by atoms with Crippen molar-refractivity contribution in [2.24, 2.45) is 0 Å². The zero-order chi connectivity index (χ0) is 11.4. The van der Waals surface area contributed by atoms with Gasteiger partial charge < -0.3 is 4.90 Å². The molecule has 2 rings (SSSR count). The van der Waals surface area contributed by atoms with Crippen LogP contribution >= 0.6 is 22.7 Å². The van der Waals surface area contributed by atoms with E-state index in [0.29, 0.717) is 0 Å². The van der Waals surface area contributed by atoms with Gasteiger partial charge >= 0.3 is 0 Å². The Morgan fingerprint density at radius 3 is 2.88 bits per heavy atom. The summed E-state index contributed by atoms with van der Waals surface area (Å²) in [5.41, 5.74) is 1.17.